The molecule has 0 N–H and O–H groups in total. The summed E-state index contributed by atoms with van der Waals surface area (Å²) in [5, 5.41) is 0. The third-order valence-electron chi connectivity index (χ3n) is 4.07. The van der Waals surface area contributed by atoms with E-state index in [9.17, 15) is 18.0 Å². The average molecular weight is 319 g/mol. The first-order chi connectivity index (χ1) is 10.9. The minimum atomic E-state index is -4.30. The van der Waals surface area contributed by atoms with Crippen LogP contribution in [0.5, 0.6) is 0 Å². The van der Waals surface area contributed by atoms with E-state index in [0.717, 1.165) is 35.2 Å². The van der Waals surface area contributed by atoms with Crippen LogP contribution in [0.4, 0.5) is 13.2 Å². The van der Waals surface area contributed by atoms with Crippen LogP contribution in [-0.4, -0.2) is 17.4 Å². The number of alkyl halides is 3. The number of nitrogens with zero attached hydrogens (tertiary/aromatic N) is 1. The summed E-state index contributed by atoms with van der Waals surface area (Å²) in [5.74, 6) is 0.0352. The zero-order valence-electron chi connectivity index (χ0n) is 12.4. The summed E-state index contributed by atoms with van der Waals surface area (Å²) in [6.07, 6.45) is -2.92. The average Bonchev–Trinajstić information content (AvgIpc) is 2.84. The Hall–Kier alpha value is -2.30. The van der Waals surface area contributed by atoms with E-state index >= 15 is 0 Å². The summed E-state index contributed by atoms with van der Waals surface area (Å²) >= 11 is 0. The maximum atomic E-state index is 12.5. The van der Waals surface area contributed by atoms with Gasteiger partial charge in [-0.1, -0.05) is 30.3 Å². The van der Waals surface area contributed by atoms with Gasteiger partial charge >= 0.3 is 6.18 Å². The highest BCUT2D eigenvalue weighted by atomic mass is 19.4. The Labute approximate surface area is 132 Å². The molecule has 0 aromatic heterocycles. The lowest BCUT2D eigenvalue weighted by Crippen LogP contribution is -2.25. The van der Waals surface area contributed by atoms with Gasteiger partial charge in [0.2, 0.25) is 0 Å². The molecule has 5 heteroatoms. The van der Waals surface area contributed by atoms with Crippen molar-refractivity contribution in [3.63, 3.8) is 0 Å². The molecule has 2 aromatic carbocycles. The lowest BCUT2D eigenvalue weighted by molar-refractivity contribution is -0.137. The molecule has 0 aliphatic carbocycles. The Morgan fingerprint density at radius 1 is 1.00 bits per heavy atom. The van der Waals surface area contributed by atoms with Crippen molar-refractivity contribution >= 4 is 5.91 Å². The number of rotatable bonds is 4. The normalized spacial score (nSPS) is 14.2. The fraction of sp³-hybridized carbons (Fsp3) is 0.278. The number of hydrogen-bond acceptors (Lipinski definition) is 1. The number of hydrogen-bond donors (Lipinski definition) is 0. The molecule has 3 rings (SSSR count). The van der Waals surface area contributed by atoms with Crippen molar-refractivity contribution in [3.8, 4) is 0 Å². The van der Waals surface area contributed by atoms with Gasteiger partial charge in [-0.3, -0.25) is 4.79 Å². The minimum Gasteiger partial charge on any atom is -0.334 e. The quantitative estimate of drug-likeness (QED) is 0.823. The fourth-order valence-corrected chi connectivity index (χ4v) is 2.83. The second kappa shape index (κ2) is 6.07. The molecular weight excluding hydrogens is 303 g/mol. The van der Waals surface area contributed by atoms with Gasteiger partial charge in [0.15, 0.2) is 0 Å². The predicted molar refractivity (Wildman–Crippen MR) is 80.9 cm³/mol. The Kier molecular flexibility index (Phi) is 4.11. The largest absolute Gasteiger partial charge is 0.416 e. The second-order valence-electron chi connectivity index (χ2n) is 5.68. The first-order valence-electron chi connectivity index (χ1n) is 7.48. The van der Waals surface area contributed by atoms with Crippen molar-refractivity contribution in [3.05, 3.63) is 70.8 Å². The summed E-state index contributed by atoms with van der Waals surface area (Å²) < 4.78 is 37.5. The van der Waals surface area contributed by atoms with Crippen LogP contribution in [0.3, 0.4) is 0 Å². The van der Waals surface area contributed by atoms with Crippen LogP contribution in [0.25, 0.3) is 0 Å². The van der Waals surface area contributed by atoms with Gasteiger partial charge < -0.3 is 4.90 Å². The molecule has 2 aromatic rings. The van der Waals surface area contributed by atoms with Crippen molar-refractivity contribution in [1.29, 1.82) is 0 Å². The van der Waals surface area contributed by atoms with Gasteiger partial charge in [-0.15, -0.1) is 0 Å². The predicted octanol–water partition coefficient (Wildman–Crippen LogP) is 4.29. The Bertz CT molecular complexity index is 707. The SMILES string of the molecule is O=C1c2ccccc2CN1CCCc1ccc(C(F)(F)F)cc1. The molecule has 1 heterocycles. The molecule has 23 heavy (non-hydrogen) atoms. The molecule has 1 aliphatic heterocycles. The molecule has 1 amide bonds. The van der Waals surface area contributed by atoms with E-state index in [1.807, 2.05) is 24.3 Å². The lowest BCUT2D eigenvalue weighted by atomic mass is 10.1. The number of carbonyl (C=O) groups is 1. The highest BCUT2D eigenvalue weighted by Gasteiger charge is 2.30. The zero-order chi connectivity index (χ0) is 16.4. The van der Waals surface area contributed by atoms with Gasteiger partial charge in [0.25, 0.3) is 5.91 Å². The van der Waals surface area contributed by atoms with E-state index in [4.69, 9.17) is 0 Å². The van der Waals surface area contributed by atoms with E-state index < -0.39 is 11.7 Å². The summed E-state index contributed by atoms with van der Waals surface area (Å²) in [4.78, 5) is 14.0. The molecule has 0 saturated carbocycles. The molecule has 0 spiro atoms. The number of fused-ring (bicyclic) bond motifs is 1. The maximum Gasteiger partial charge on any atom is 0.416 e. The number of halogens is 3. The smallest absolute Gasteiger partial charge is 0.334 e. The van der Waals surface area contributed by atoms with Crippen molar-refractivity contribution in [2.24, 2.45) is 0 Å². The van der Waals surface area contributed by atoms with Crippen LogP contribution in [0.15, 0.2) is 48.5 Å². The topological polar surface area (TPSA) is 20.3 Å². The molecular formula is C18H16F3NO. The second-order valence-corrected chi connectivity index (χ2v) is 5.68. The highest BCUT2D eigenvalue weighted by molar-refractivity contribution is 5.98. The highest BCUT2D eigenvalue weighted by Crippen LogP contribution is 2.29. The third-order valence-corrected chi connectivity index (χ3v) is 4.07. The van der Waals surface area contributed by atoms with Gasteiger partial charge in [0.05, 0.1) is 5.56 Å². The van der Waals surface area contributed by atoms with Gasteiger partial charge in [-0.25, -0.2) is 0 Å². The summed E-state index contributed by atoms with van der Waals surface area (Å²) in [6.45, 7) is 1.22. The number of aryl methyl sites for hydroxylation is 1. The van der Waals surface area contributed by atoms with E-state index in [-0.39, 0.29) is 5.91 Å². The Morgan fingerprint density at radius 3 is 2.35 bits per heavy atom. The molecule has 0 saturated heterocycles. The molecule has 0 fully saturated rings. The first-order valence-corrected chi connectivity index (χ1v) is 7.48. The van der Waals surface area contributed by atoms with Crippen LogP contribution in [-0.2, 0) is 19.1 Å². The van der Waals surface area contributed by atoms with E-state index in [1.54, 1.807) is 4.90 Å². The van der Waals surface area contributed by atoms with Crippen molar-refractivity contribution in [2.75, 3.05) is 6.54 Å². The molecule has 0 bridgehead atoms. The van der Waals surface area contributed by atoms with Crippen LogP contribution >= 0.6 is 0 Å². The standard InChI is InChI=1S/C18H16F3NO/c19-18(20,21)15-9-7-13(8-10-15)4-3-11-22-12-14-5-1-2-6-16(14)17(22)23/h1-2,5-10H,3-4,11-12H2. The molecule has 120 valence electrons. The van der Waals surface area contributed by atoms with Crippen LogP contribution in [0.1, 0.15) is 33.5 Å². The monoisotopic (exact) mass is 319 g/mol. The van der Waals surface area contributed by atoms with E-state index in [1.165, 1.54) is 12.1 Å². The first kappa shape index (κ1) is 15.6. The lowest BCUT2D eigenvalue weighted by Gasteiger charge is -2.15. The number of benzene rings is 2. The fourth-order valence-electron chi connectivity index (χ4n) is 2.83. The number of amides is 1. The van der Waals surface area contributed by atoms with Gasteiger partial charge in [-0.2, -0.15) is 13.2 Å². The third kappa shape index (κ3) is 3.38. The van der Waals surface area contributed by atoms with Gasteiger partial charge in [0.1, 0.15) is 0 Å². The van der Waals surface area contributed by atoms with E-state index in [0.29, 0.717) is 19.5 Å². The van der Waals surface area contributed by atoms with Crippen molar-refractivity contribution in [2.45, 2.75) is 25.6 Å². The van der Waals surface area contributed by atoms with Crippen LogP contribution < -0.4 is 0 Å². The molecule has 0 radical (unpaired) electrons. The molecule has 2 nitrogen and oxygen atoms in total. The van der Waals surface area contributed by atoms with Gasteiger partial charge in [-0.05, 0) is 42.2 Å². The van der Waals surface area contributed by atoms with Gasteiger partial charge in [0, 0.05) is 18.7 Å². The zero-order valence-corrected chi connectivity index (χ0v) is 12.4. The maximum absolute atomic E-state index is 12.5. The number of carbonyl (C=O) groups excluding carboxylic acids is 1. The van der Waals surface area contributed by atoms with Crippen molar-refractivity contribution in [1.82, 2.24) is 4.90 Å². The van der Waals surface area contributed by atoms with Crippen molar-refractivity contribution < 1.29 is 18.0 Å². The molecule has 0 atom stereocenters. The molecule has 0 unspecified atom stereocenters. The summed E-state index contributed by atoms with van der Waals surface area (Å²) in [7, 11) is 0. The van der Waals surface area contributed by atoms with Crippen LogP contribution in [0.2, 0.25) is 0 Å². The Morgan fingerprint density at radius 2 is 1.70 bits per heavy atom. The summed E-state index contributed by atoms with van der Waals surface area (Å²) in [5.41, 5.74) is 2.00. The molecule has 1 aliphatic rings. The summed E-state index contributed by atoms with van der Waals surface area (Å²) in [6, 6.07) is 12.8. The van der Waals surface area contributed by atoms with E-state index in [2.05, 4.69) is 0 Å². The minimum absolute atomic E-state index is 0.0352. The van der Waals surface area contributed by atoms with Crippen LogP contribution in [0, 0.1) is 0 Å². The Balaban J connectivity index is 1.54.